The first-order valence-electron chi connectivity index (χ1n) is 7.88. The van der Waals surface area contributed by atoms with Crippen LogP contribution in [0.25, 0.3) is 0 Å². The molecule has 0 aromatic heterocycles. The van der Waals surface area contributed by atoms with Gasteiger partial charge in [-0.05, 0) is 28.8 Å². The molecule has 3 rings (SSSR count). The summed E-state index contributed by atoms with van der Waals surface area (Å²) in [7, 11) is 0. The van der Waals surface area contributed by atoms with Crippen LogP contribution in [0, 0.1) is 0 Å². The maximum atomic E-state index is 5.98. The van der Waals surface area contributed by atoms with Gasteiger partial charge in [-0.15, -0.1) is 0 Å². The van der Waals surface area contributed by atoms with E-state index in [2.05, 4.69) is 48.5 Å². The van der Waals surface area contributed by atoms with Gasteiger partial charge < -0.3 is 10.5 Å². The lowest BCUT2D eigenvalue weighted by molar-refractivity contribution is 0.306. The highest BCUT2D eigenvalue weighted by atomic mass is 16.5. The van der Waals surface area contributed by atoms with Crippen LogP contribution >= 0.6 is 0 Å². The summed E-state index contributed by atoms with van der Waals surface area (Å²) >= 11 is 0. The lowest BCUT2D eigenvalue weighted by Crippen LogP contribution is -2.13. The zero-order chi connectivity index (χ0) is 15.9. The summed E-state index contributed by atoms with van der Waals surface area (Å²) in [6, 6.07) is 28.8. The third kappa shape index (κ3) is 3.99. The maximum Gasteiger partial charge on any atom is 0.119 e. The quantitative estimate of drug-likeness (QED) is 0.734. The molecule has 2 nitrogen and oxygen atoms in total. The molecular formula is C21H21NO. The van der Waals surface area contributed by atoms with Gasteiger partial charge in [-0.25, -0.2) is 0 Å². The van der Waals surface area contributed by atoms with Crippen molar-refractivity contribution in [3.63, 3.8) is 0 Å². The molecule has 1 atom stereocenters. The lowest BCUT2D eigenvalue weighted by atomic mass is 9.91. The van der Waals surface area contributed by atoms with Crippen molar-refractivity contribution in [2.24, 2.45) is 5.73 Å². The molecule has 0 amide bonds. The predicted octanol–water partition coefficient (Wildman–Crippen LogP) is 4.36. The van der Waals surface area contributed by atoms with Crippen molar-refractivity contribution in [2.45, 2.75) is 12.5 Å². The van der Waals surface area contributed by atoms with E-state index >= 15 is 0 Å². The van der Waals surface area contributed by atoms with E-state index in [-0.39, 0.29) is 5.92 Å². The van der Waals surface area contributed by atoms with Gasteiger partial charge >= 0.3 is 0 Å². The van der Waals surface area contributed by atoms with Crippen molar-refractivity contribution in [1.82, 2.24) is 0 Å². The first kappa shape index (κ1) is 15.3. The Bertz CT molecular complexity index is 708. The lowest BCUT2D eigenvalue weighted by Gasteiger charge is -2.16. The minimum atomic E-state index is 0.222. The van der Waals surface area contributed by atoms with Gasteiger partial charge in [0.1, 0.15) is 12.4 Å². The van der Waals surface area contributed by atoms with E-state index in [9.17, 15) is 0 Å². The van der Waals surface area contributed by atoms with Crippen LogP contribution in [-0.2, 0) is 6.61 Å². The smallest absolute Gasteiger partial charge is 0.119 e. The Balaban J connectivity index is 1.69. The van der Waals surface area contributed by atoms with E-state index in [1.54, 1.807) is 0 Å². The Labute approximate surface area is 137 Å². The van der Waals surface area contributed by atoms with Gasteiger partial charge in [-0.1, -0.05) is 72.8 Å². The van der Waals surface area contributed by atoms with Gasteiger partial charge in [0.15, 0.2) is 0 Å². The van der Waals surface area contributed by atoms with Crippen molar-refractivity contribution in [3.05, 3.63) is 102 Å². The van der Waals surface area contributed by atoms with Gasteiger partial charge in [0.2, 0.25) is 0 Å². The molecule has 0 aliphatic carbocycles. The molecule has 0 fully saturated rings. The average Bonchev–Trinajstić information content (AvgIpc) is 2.63. The fourth-order valence-corrected chi connectivity index (χ4v) is 2.69. The van der Waals surface area contributed by atoms with Crippen molar-refractivity contribution < 1.29 is 4.74 Å². The molecule has 0 saturated heterocycles. The number of benzene rings is 3. The Hall–Kier alpha value is -2.58. The van der Waals surface area contributed by atoms with Gasteiger partial charge in [0.05, 0.1) is 0 Å². The van der Waals surface area contributed by atoms with Crippen molar-refractivity contribution in [3.8, 4) is 5.75 Å². The first-order valence-corrected chi connectivity index (χ1v) is 7.88. The summed E-state index contributed by atoms with van der Waals surface area (Å²) in [5.41, 5.74) is 9.60. The van der Waals surface area contributed by atoms with Gasteiger partial charge in [-0.3, -0.25) is 0 Å². The normalized spacial score (nSPS) is 11.9. The number of hydrogen-bond acceptors (Lipinski definition) is 2. The average molecular weight is 303 g/mol. The molecule has 3 aromatic rings. The van der Waals surface area contributed by atoms with Crippen molar-refractivity contribution in [1.29, 1.82) is 0 Å². The minimum absolute atomic E-state index is 0.222. The van der Waals surface area contributed by atoms with Crippen molar-refractivity contribution >= 4 is 0 Å². The van der Waals surface area contributed by atoms with Crippen molar-refractivity contribution in [2.75, 3.05) is 6.54 Å². The standard InChI is InChI=1S/C21H21NO/c22-15-21(18-9-5-2-6-10-18)19-11-13-20(14-12-19)23-16-17-7-3-1-4-8-17/h1-14,21H,15-16,22H2. The highest BCUT2D eigenvalue weighted by Crippen LogP contribution is 2.25. The van der Waals surface area contributed by atoms with E-state index in [0.717, 1.165) is 5.75 Å². The summed E-state index contributed by atoms with van der Waals surface area (Å²) in [4.78, 5) is 0. The third-order valence-electron chi connectivity index (χ3n) is 3.97. The minimum Gasteiger partial charge on any atom is -0.489 e. The number of nitrogens with two attached hydrogens (primary N) is 1. The first-order chi connectivity index (χ1) is 11.4. The molecule has 0 aliphatic rings. The molecule has 0 bridgehead atoms. The molecule has 0 radical (unpaired) electrons. The van der Waals surface area contributed by atoms with E-state index in [1.165, 1.54) is 16.7 Å². The monoisotopic (exact) mass is 303 g/mol. The fourth-order valence-electron chi connectivity index (χ4n) is 2.69. The Morgan fingerprint density at radius 1 is 0.696 bits per heavy atom. The molecule has 0 spiro atoms. The summed E-state index contributed by atoms with van der Waals surface area (Å²) in [5.74, 6) is 1.10. The number of ether oxygens (including phenoxy) is 1. The van der Waals surface area contributed by atoms with Crippen LogP contribution in [0.15, 0.2) is 84.9 Å². The van der Waals surface area contributed by atoms with Crippen LogP contribution in [0.4, 0.5) is 0 Å². The van der Waals surface area contributed by atoms with Gasteiger partial charge in [-0.2, -0.15) is 0 Å². The molecular weight excluding hydrogens is 282 g/mol. The predicted molar refractivity (Wildman–Crippen MR) is 94.6 cm³/mol. The van der Waals surface area contributed by atoms with Crippen LogP contribution < -0.4 is 10.5 Å². The van der Waals surface area contributed by atoms with Crippen LogP contribution in [0.2, 0.25) is 0 Å². The highest BCUT2D eigenvalue weighted by molar-refractivity contribution is 5.36. The zero-order valence-corrected chi connectivity index (χ0v) is 13.1. The molecule has 1 unspecified atom stereocenters. The maximum absolute atomic E-state index is 5.98. The molecule has 23 heavy (non-hydrogen) atoms. The van der Waals surface area contributed by atoms with E-state index in [0.29, 0.717) is 13.2 Å². The third-order valence-corrected chi connectivity index (χ3v) is 3.97. The van der Waals surface area contributed by atoms with Crippen LogP contribution in [0.3, 0.4) is 0 Å². The molecule has 2 N–H and O–H groups in total. The molecule has 3 aromatic carbocycles. The molecule has 0 aliphatic heterocycles. The molecule has 0 saturated carbocycles. The Morgan fingerprint density at radius 2 is 1.26 bits per heavy atom. The Kier molecular flexibility index (Phi) is 5.07. The Morgan fingerprint density at radius 3 is 1.87 bits per heavy atom. The molecule has 116 valence electrons. The molecule has 0 heterocycles. The van der Waals surface area contributed by atoms with E-state index < -0.39 is 0 Å². The number of hydrogen-bond donors (Lipinski definition) is 1. The summed E-state index contributed by atoms with van der Waals surface area (Å²) in [6.07, 6.45) is 0. The highest BCUT2D eigenvalue weighted by Gasteiger charge is 2.11. The van der Waals surface area contributed by atoms with Crippen LogP contribution in [0.5, 0.6) is 5.75 Å². The van der Waals surface area contributed by atoms with Crippen LogP contribution in [-0.4, -0.2) is 6.54 Å². The zero-order valence-electron chi connectivity index (χ0n) is 13.1. The summed E-state index contributed by atoms with van der Waals surface area (Å²) < 4.78 is 5.83. The molecule has 2 heteroatoms. The van der Waals surface area contributed by atoms with Gasteiger partial charge in [0.25, 0.3) is 0 Å². The second-order valence-electron chi connectivity index (χ2n) is 5.54. The summed E-state index contributed by atoms with van der Waals surface area (Å²) in [6.45, 7) is 1.17. The second-order valence-corrected chi connectivity index (χ2v) is 5.54. The second kappa shape index (κ2) is 7.61. The summed E-state index contributed by atoms with van der Waals surface area (Å²) in [5, 5.41) is 0. The van der Waals surface area contributed by atoms with Crippen LogP contribution in [0.1, 0.15) is 22.6 Å². The van der Waals surface area contributed by atoms with E-state index in [4.69, 9.17) is 10.5 Å². The SMILES string of the molecule is NCC(c1ccccc1)c1ccc(OCc2ccccc2)cc1. The fraction of sp³-hybridized carbons (Fsp3) is 0.143. The largest absolute Gasteiger partial charge is 0.489 e. The van der Waals surface area contributed by atoms with E-state index in [1.807, 2.05) is 36.4 Å². The van der Waals surface area contributed by atoms with Gasteiger partial charge in [0, 0.05) is 12.5 Å². The topological polar surface area (TPSA) is 35.2 Å². The number of rotatable bonds is 6.